The van der Waals surface area contributed by atoms with Gasteiger partial charge in [-0.25, -0.2) is 9.07 Å². The van der Waals surface area contributed by atoms with Gasteiger partial charge in [0.25, 0.3) is 5.91 Å². The molecule has 134 valence electrons. The molecule has 4 aromatic rings. The first-order valence-electron chi connectivity index (χ1n) is 8.28. The SMILES string of the molecule is O=C(NCc1ccco1)c1cc(-c2ccncc2)n(-c2ccc(F)cc2)n1. The Balaban J connectivity index is 1.69. The first-order valence-corrected chi connectivity index (χ1v) is 8.28. The second-order valence-electron chi connectivity index (χ2n) is 5.80. The van der Waals surface area contributed by atoms with Crippen LogP contribution < -0.4 is 5.32 Å². The molecular formula is C20H15FN4O2. The summed E-state index contributed by atoms with van der Waals surface area (Å²) in [5, 5.41) is 7.19. The number of furan rings is 1. The minimum atomic E-state index is -0.340. The summed E-state index contributed by atoms with van der Waals surface area (Å²) in [6.07, 6.45) is 4.87. The van der Waals surface area contributed by atoms with Crippen LogP contribution in [0.1, 0.15) is 16.2 Å². The number of carbonyl (C=O) groups is 1. The van der Waals surface area contributed by atoms with Gasteiger partial charge >= 0.3 is 0 Å². The highest BCUT2D eigenvalue weighted by Gasteiger charge is 2.17. The molecule has 0 atom stereocenters. The third kappa shape index (κ3) is 3.62. The number of nitrogens with one attached hydrogen (secondary N) is 1. The molecule has 0 bridgehead atoms. The highest BCUT2D eigenvalue weighted by atomic mass is 19.1. The van der Waals surface area contributed by atoms with Crippen LogP contribution in [0.3, 0.4) is 0 Å². The summed E-state index contributed by atoms with van der Waals surface area (Å²) in [6.45, 7) is 0.264. The summed E-state index contributed by atoms with van der Waals surface area (Å²) in [4.78, 5) is 16.5. The molecule has 0 aliphatic heterocycles. The number of carbonyl (C=O) groups excluding carboxylic acids is 1. The molecule has 4 rings (SSSR count). The molecule has 0 unspecified atom stereocenters. The Morgan fingerprint density at radius 2 is 1.89 bits per heavy atom. The van der Waals surface area contributed by atoms with Gasteiger partial charge in [0.2, 0.25) is 0 Å². The summed E-state index contributed by atoms with van der Waals surface area (Å²) in [5.74, 6) is -0.0222. The molecule has 1 aromatic carbocycles. The van der Waals surface area contributed by atoms with E-state index in [1.807, 2.05) is 12.1 Å². The number of amides is 1. The average Bonchev–Trinajstić information content (AvgIpc) is 3.37. The van der Waals surface area contributed by atoms with Crippen molar-refractivity contribution in [2.75, 3.05) is 0 Å². The van der Waals surface area contributed by atoms with Gasteiger partial charge in [-0.05, 0) is 54.6 Å². The van der Waals surface area contributed by atoms with Gasteiger partial charge in [0, 0.05) is 18.0 Å². The van der Waals surface area contributed by atoms with Gasteiger partial charge in [0.1, 0.15) is 11.6 Å². The van der Waals surface area contributed by atoms with Gasteiger partial charge in [0.05, 0.1) is 24.2 Å². The summed E-state index contributed by atoms with van der Waals surface area (Å²) in [7, 11) is 0. The fraction of sp³-hybridized carbons (Fsp3) is 0.0500. The molecule has 7 heteroatoms. The molecule has 0 aliphatic carbocycles. The second kappa shape index (κ2) is 7.25. The Kier molecular flexibility index (Phi) is 4.49. The van der Waals surface area contributed by atoms with E-state index >= 15 is 0 Å². The van der Waals surface area contributed by atoms with Crippen LogP contribution in [0.4, 0.5) is 4.39 Å². The lowest BCUT2D eigenvalue weighted by molar-refractivity contribution is 0.0942. The van der Waals surface area contributed by atoms with E-state index < -0.39 is 0 Å². The van der Waals surface area contributed by atoms with Crippen LogP contribution in [0.5, 0.6) is 0 Å². The number of hydrogen-bond donors (Lipinski definition) is 1. The molecule has 0 spiro atoms. The van der Waals surface area contributed by atoms with Crippen LogP contribution in [0, 0.1) is 5.82 Å². The Morgan fingerprint density at radius 3 is 2.59 bits per heavy atom. The molecule has 3 heterocycles. The van der Waals surface area contributed by atoms with Crippen molar-refractivity contribution in [3.05, 3.63) is 90.5 Å². The molecule has 1 N–H and O–H groups in total. The number of benzene rings is 1. The van der Waals surface area contributed by atoms with Crippen LogP contribution >= 0.6 is 0 Å². The summed E-state index contributed by atoms with van der Waals surface area (Å²) in [5.41, 5.74) is 2.44. The number of rotatable bonds is 5. The van der Waals surface area contributed by atoms with Crippen molar-refractivity contribution in [1.29, 1.82) is 0 Å². The van der Waals surface area contributed by atoms with Gasteiger partial charge in [-0.2, -0.15) is 5.10 Å². The largest absolute Gasteiger partial charge is 0.467 e. The summed E-state index contributed by atoms with van der Waals surface area (Å²) < 4.78 is 20.1. The third-order valence-corrected chi connectivity index (χ3v) is 3.99. The van der Waals surface area contributed by atoms with E-state index in [0.717, 1.165) is 5.56 Å². The first kappa shape index (κ1) is 16.7. The second-order valence-corrected chi connectivity index (χ2v) is 5.80. The van der Waals surface area contributed by atoms with Gasteiger partial charge in [0.15, 0.2) is 5.69 Å². The van der Waals surface area contributed by atoms with Crippen molar-refractivity contribution in [2.45, 2.75) is 6.54 Å². The zero-order chi connectivity index (χ0) is 18.6. The normalized spacial score (nSPS) is 10.7. The van der Waals surface area contributed by atoms with E-state index in [9.17, 15) is 9.18 Å². The van der Waals surface area contributed by atoms with Gasteiger partial charge in [-0.1, -0.05) is 0 Å². The lowest BCUT2D eigenvalue weighted by Crippen LogP contribution is -2.23. The maximum absolute atomic E-state index is 13.3. The van der Waals surface area contributed by atoms with Crippen LogP contribution in [0.25, 0.3) is 16.9 Å². The molecule has 6 nitrogen and oxygen atoms in total. The summed E-state index contributed by atoms with van der Waals surface area (Å²) >= 11 is 0. The van der Waals surface area contributed by atoms with Crippen LogP contribution in [-0.4, -0.2) is 20.7 Å². The van der Waals surface area contributed by atoms with Crippen molar-refractivity contribution in [1.82, 2.24) is 20.1 Å². The highest BCUT2D eigenvalue weighted by molar-refractivity contribution is 5.93. The molecule has 0 saturated carbocycles. The number of halogens is 1. The third-order valence-electron chi connectivity index (χ3n) is 3.99. The number of pyridine rings is 1. The number of hydrogen-bond acceptors (Lipinski definition) is 4. The number of nitrogens with zero attached hydrogens (tertiary/aromatic N) is 3. The Bertz CT molecular complexity index is 1040. The molecule has 0 radical (unpaired) electrons. The van der Waals surface area contributed by atoms with Crippen molar-refractivity contribution >= 4 is 5.91 Å². The van der Waals surface area contributed by atoms with E-state index in [1.54, 1.807) is 53.7 Å². The summed E-state index contributed by atoms with van der Waals surface area (Å²) in [6, 6.07) is 14.8. The van der Waals surface area contributed by atoms with E-state index in [-0.39, 0.29) is 24.0 Å². The van der Waals surface area contributed by atoms with E-state index in [4.69, 9.17) is 4.42 Å². The molecule has 27 heavy (non-hydrogen) atoms. The quantitative estimate of drug-likeness (QED) is 0.589. The maximum atomic E-state index is 13.3. The predicted molar refractivity (Wildman–Crippen MR) is 96.6 cm³/mol. The van der Waals surface area contributed by atoms with Crippen LogP contribution in [0.15, 0.2) is 77.7 Å². The standard InChI is InChI=1S/C20H15FN4O2/c21-15-3-5-16(6-4-15)25-19(14-7-9-22-10-8-14)12-18(24-25)20(26)23-13-17-2-1-11-27-17/h1-12H,13H2,(H,23,26). The smallest absolute Gasteiger partial charge is 0.272 e. The minimum Gasteiger partial charge on any atom is -0.467 e. The zero-order valence-corrected chi connectivity index (χ0v) is 14.2. The van der Waals surface area contributed by atoms with Gasteiger partial charge in [-0.15, -0.1) is 0 Å². The predicted octanol–water partition coefficient (Wildman–Crippen LogP) is 3.60. The molecule has 3 aromatic heterocycles. The molecule has 0 aliphatic rings. The lowest BCUT2D eigenvalue weighted by Gasteiger charge is -2.07. The Morgan fingerprint density at radius 1 is 1.11 bits per heavy atom. The maximum Gasteiger partial charge on any atom is 0.272 e. The van der Waals surface area contributed by atoms with Crippen molar-refractivity contribution in [3.8, 4) is 16.9 Å². The first-order chi connectivity index (χ1) is 13.2. The van der Waals surface area contributed by atoms with Crippen molar-refractivity contribution in [3.63, 3.8) is 0 Å². The van der Waals surface area contributed by atoms with Crippen molar-refractivity contribution < 1.29 is 13.6 Å². The van der Waals surface area contributed by atoms with Crippen LogP contribution in [0.2, 0.25) is 0 Å². The minimum absolute atomic E-state index is 0.248. The Labute approximate surface area is 154 Å². The molecule has 0 fully saturated rings. The van der Waals surface area contributed by atoms with Crippen LogP contribution in [-0.2, 0) is 6.54 Å². The fourth-order valence-corrected chi connectivity index (χ4v) is 2.67. The topological polar surface area (TPSA) is 73.0 Å². The fourth-order valence-electron chi connectivity index (χ4n) is 2.67. The van der Waals surface area contributed by atoms with Gasteiger partial charge in [-0.3, -0.25) is 9.78 Å². The monoisotopic (exact) mass is 362 g/mol. The van der Waals surface area contributed by atoms with Crippen molar-refractivity contribution in [2.24, 2.45) is 0 Å². The zero-order valence-electron chi connectivity index (χ0n) is 14.2. The highest BCUT2D eigenvalue weighted by Crippen LogP contribution is 2.24. The molecular weight excluding hydrogens is 347 g/mol. The van der Waals surface area contributed by atoms with E-state index in [0.29, 0.717) is 17.1 Å². The van der Waals surface area contributed by atoms with E-state index in [2.05, 4.69) is 15.4 Å². The number of aromatic nitrogens is 3. The van der Waals surface area contributed by atoms with Gasteiger partial charge < -0.3 is 9.73 Å². The lowest BCUT2D eigenvalue weighted by atomic mass is 10.2. The Hall–Kier alpha value is -3.74. The molecule has 1 amide bonds. The average molecular weight is 362 g/mol. The molecule has 0 saturated heterocycles. The van der Waals surface area contributed by atoms with E-state index in [1.165, 1.54) is 12.1 Å².